The Kier molecular flexibility index (Phi) is 3.91. The summed E-state index contributed by atoms with van der Waals surface area (Å²) in [7, 11) is -4.24. The normalized spacial score (nSPS) is 11.3. The van der Waals surface area contributed by atoms with E-state index < -0.39 is 36.6 Å². The van der Waals surface area contributed by atoms with Crippen LogP contribution in [0.15, 0.2) is 44.6 Å². The molecule has 0 spiro atoms. The van der Waals surface area contributed by atoms with Gasteiger partial charge in [-0.3, -0.25) is 9.52 Å². The van der Waals surface area contributed by atoms with Gasteiger partial charge in [-0.05, 0) is 34.1 Å². The van der Waals surface area contributed by atoms with Crippen molar-refractivity contribution in [2.24, 2.45) is 0 Å². The molecule has 0 bridgehead atoms. The van der Waals surface area contributed by atoms with Gasteiger partial charge in [0, 0.05) is 12.3 Å². The van der Waals surface area contributed by atoms with Crippen LogP contribution in [0.1, 0.15) is 0 Å². The zero-order valence-electron chi connectivity index (χ0n) is 9.65. The number of benzene rings is 1. The standard InChI is InChI=1S/C11H7BrF2N2O3S/c12-10-7(13)2-3-8(11(10)14)20(18,19)16-6-1-4-9(17)15-5-6/h1-5,16H,(H,15,17). The smallest absolute Gasteiger partial charge is 0.264 e. The highest BCUT2D eigenvalue weighted by molar-refractivity contribution is 9.10. The minimum atomic E-state index is -4.24. The molecule has 0 unspecified atom stereocenters. The first-order valence-electron chi connectivity index (χ1n) is 5.16. The zero-order valence-corrected chi connectivity index (χ0v) is 12.1. The summed E-state index contributed by atoms with van der Waals surface area (Å²) in [6.07, 6.45) is 1.12. The van der Waals surface area contributed by atoms with Crippen molar-refractivity contribution in [2.45, 2.75) is 4.90 Å². The Labute approximate surface area is 120 Å². The summed E-state index contributed by atoms with van der Waals surface area (Å²) in [5, 5.41) is 0. The van der Waals surface area contributed by atoms with Crippen LogP contribution in [0.5, 0.6) is 0 Å². The summed E-state index contributed by atoms with van der Waals surface area (Å²) < 4.78 is 52.3. The molecule has 0 saturated carbocycles. The van der Waals surface area contributed by atoms with Crippen LogP contribution in [-0.2, 0) is 10.0 Å². The molecule has 0 aliphatic heterocycles. The summed E-state index contributed by atoms with van der Waals surface area (Å²) in [5.74, 6) is -2.15. The maximum atomic E-state index is 13.8. The number of sulfonamides is 1. The van der Waals surface area contributed by atoms with E-state index in [0.29, 0.717) is 0 Å². The molecule has 0 saturated heterocycles. The lowest BCUT2D eigenvalue weighted by molar-refractivity contribution is 0.542. The highest BCUT2D eigenvalue weighted by Crippen LogP contribution is 2.26. The SMILES string of the molecule is O=c1ccc(NS(=O)(=O)c2ccc(F)c(Br)c2F)c[nH]1. The van der Waals surface area contributed by atoms with E-state index in [1.54, 1.807) is 0 Å². The largest absolute Gasteiger partial charge is 0.327 e. The van der Waals surface area contributed by atoms with Crippen LogP contribution >= 0.6 is 15.9 Å². The fourth-order valence-corrected chi connectivity index (χ4v) is 3.01. The van der Waals surface area contributed by atoms with Crippen LogP contribution in [0.2, 0.25) is 0 Å². The number of H-pyrrole nitrogens is 1. The number of hydrogen-bond acceptors (Lipinski definition) is 3. The van der Waals surface area contributed by atoms with Crippen LogP contribution in [0.25, 0.3) is 0 Å². The van der Waals surface area contributed by atoms with Crippen molar-refractivity contribution in [3.8, 4) is 0 Å². The maximum Gasteiger partial charge on any atom is 0.264 e. The first-order valence-corrected chi connectivity index (χ1v) is 7.44. The third kappa shape index (κ3) is 2.88. The molecular weight excluding hydrogens is 358 g/mol. The Balaban J connectivity index is 2.43. The summed E-state index contributed by atoms with van der Waals surface area (Å²) in [6.45, 7) is 0. The van der Waals surface area contributed by atoms with E-state index in [2.05, 4.69) is 25.6 Å². The molecule has 5 nitrogen and oxygen atoms in total. The van der Waals surface area contributed by atoms with Gasteiger partial charge in [-0.2, -0.15) is 0 Å². The lowest BCUT2D eigenvalue weighted by Gasteiger charge is -2.09. The van der Waals surface area contributed by atoms with E-state index >= 15 is 0 Å². The number of hydrogen-bond donors (Lipinski definition) is 2. The van der Waals surface area contributed by atoms with Gasteiger partial charge in [0.15, 0.2) is 5.82 Å². The second kappa shape index (κ2) is 5.33. The molecule has 0 amide bonds. The van der Waals surface area contributed by atoms with Crippen molar-refractivity contribution >= 4 is 31.6 Å². The number of halogens is 3. The zero-order chi connectivity index (χ0) is 14.9. The van der Waals surface area contributed by atoms with E-state index in [9.17, 15) is 22.0 Å². The number of anilines is 1. The third-order valence-electron chi connectivity index (χ3n) is 2.33. The molecule has 2 rings (SSSR count). The Morgan fingerprint density at radius 3 is 2.45 bits per heavy atom. The maximum absolute atomic E-state index is 13.8. The topological polar surface area (TPSA) is 79.0 Å². The molecule has 20 heavy (non-hydrogen) atoms. The van der Waals surface area contributed by atoms with Gasteiger partial charge in [-0.15, -0.1) is 0 Å². The number of pyridine rings is 1. The number of rotatable bonds is 3. The second-order valence-electron chi connectivity index (χ2n) is 3.72. The Bertz CT molecular complexity index is 800. The molecule has 1 aromatic heterocycles. The molecule has 1 aromatic carbocycles. The summed E-state index contributed by atoms with van der Waals surface area (Å²) in [5.41, 5.74) is -0.367. The molecule has 0 atom stereocenters. The van der Waals surface area contributed by atoms with Crippen molar-refractivity contribution in [1.82, 2.24) is 4.98 Å². The van der Waals surface area contributed by atoms with Gasteiger partial charge in [0.2, 0.25) is 5.56 Å². The molecule has 2 aromatic rings. The summed E-state index contributed by atoms with van der Waals surface area (Å²) in [4.78, 5) is 12.4. The second-order valence-corrected chi connectivity index (χ2v) is 6.16. The minimum Gasteiger partial charge on any atom is -0.327 e. The molecule has 0 aliphatic carbocycles. The van der Waals surface area contributed by atoms with Crippen molar-refractivity contribution in [1.29, 1.82) is 0 Å². The number of nitrogens with one attached hydrogen (secondary N) is 2. The van der Waals surface area contributed by atoms with Gasteiger partial charge in [0.1, 0.15) is 10.7 Å². The fourth-order valence-electron chi connectivity index (χ4n) is 1.40. The Hall–Kier alpha value is -1.74. The monoisotopic (exact) mass is 364 g/mol. The molecular formula is C11H7BrF2N2O3S. The molecule has 1 heterocycles. The lowest BCUT2D eigenvalue weighted by atomic mass is 10.3. The summed E-state index contributed by atoms with van der Waals surface area (Å²) in [6, 6.07) is 3.96. The van der Waals surface area contributed by atoms with E-state index in [1.165, 1.54) is 6.07 Å². The Morgan fingerprint density at radius 1 is 1.15 bits per heavy atom. The van der Waals surface area contributed by atoms with Gasteiger partial charge >= 0.3 is 0 Å². The fraction of sp³-hybridized carbons (Fsp3) is 0. The van der Waals surface area contributed by atoms with Crippen LogP contribution in [-0.4, -0.2) is 13.4 Å². The van der Waals surface area contributed by atoms with Crippen molar-refractivity contribution < 1.29 is 17.2 Å². The highest BCUT2D eigenvalue weighted by atomic mass is 79.9. The predicted molar refractivity (Wildman–Crippen MR) is 71.9 cm³/mol. The number of aromatic nitrogens is 1. The van der Waals surface area contributed by atoms with Crippen LogP contribution in [0.3, 0.4) is 0 Å². The van der Waals surface area contributed by atoms with Crippen LogP contribution < -0.4 is 10.3 Å². The first-order chi connectivity index (χ1) is 9.31. The number of aromatic amines is 1. The van der Waals surface area contributed by atoms with Gasteiger partial charge in [0.25, 0.3) is 10.0 Å². The predicted octanol–water partition coefficient (Wildman–Crippen LogP) is 2.22. The lowest BCUT2D eigenvalue weighted by Crippen LogP contribution is -2.16. The van der Waals surface area contributed by atoms with Crippen molar-refractivity contribution in [3.05, 3.63) is 56.9 Å². The highest BCUT2D eigenvalue weighted by Gasteiger charge is 2.22. The van der Waals surface area contributed by atoms with Gasteiger partial charge in [-0.25, -0.2) is 17.2 Å². The molecule has 0 fully saturated rings. The summed E-state index contributed by atoms with van der Waals surface area (Å²) >= 11 is 2.63. The van der Waals surface area contributed by atoms with E-state index in [4.69, 9.17) is 0 Å². The Morgan fingerprint density at radius 2 is 1.85 bits per heavy atom. The molecule has 2 N–H and O–H groups in total. The van der Waals surface area contributed by atoms with Gasteiger partial charge < -0.3 is 4.98 Å². The van der Waals surface area contributed by atoms with Gasteiger partial charge in [-0.1, -0.05) is 0 Å². The van der Waals surface area contributed by atoms with Crippen LogP contribution in [0, 0.1) is 11.6 Å². The first kappa shape index (κ1) is 14.7. The third-order valence-corrected chi connectivity index (χ3v) is 4.45. The van der Waals surface area contributed by atoms with Crippen molar-refractivity contribution in [2.75, 3.05) is 4.72 Å². The van der Waals surface area contributed by atoms with E-state index in [1.807, 2.05) is 0 Å². The minimum absolute atomic E-state index is 0.0458. The van der Waals surface area contributed by atoms with Crippen LogP contribution in [0.4, 0.5) is 14.5 Å². The molecule has 9 heteroatoms. The quantitative estimate of drug-likeness (QED) is 0.819. The average molecular weight is 365 g/mol. The van der Waals surface area contributed by atoms with Crippen molar-refractivity contribution in [3.63, 3.8) is 0 Å². The molecule has 0 aliphatic rings. The van der Waals surface area contributed by atoms with E-state index in [-0.39, 0.29) is 5.69 Å². The average Bonchev–Trinajstić information content (AvgIpc) is 2.38. The molecule has 106 valence electrons. The van der Waals surface area contributed by atoms with E-state index in [0.717, 1.165) is 24.4 Å². The van der Waals surface area contributed by atoms with Gasteiger partial charge in [0.05, 0.1) is 10.2 Å². The molecule has 0 radical (unpaired) electrons.